The Hall–Kier alpha value is -5.67. The summed E-state index contributed by atoms with van der Waals surface area (Å²) in [5, 5.41) is 25.1. The highest BCUT2D eigenvalue weighted by Gasteiger charge is 2.25. The number of aromatic hydroxyl groups is 1. The van der Waals surface area contributed by atoms with E-state index in [1.165, 1.54) is 56.0 Å². The fourth-order valence-corrected chi connectivity index (χ4v) is 6.09. The summed E-state index contributed by atoms with van der Waals surface area (Å²) in [5.41, 5.74) is -1.05. The van der Waals surface area contributed by atoms with Gasteiger partial charge in [-0.1, -0.05) is 18.2 Å². The summed E-state index contributed by atoms with van der Waals surface area (Å²) in [7, 11) is -4.93. The Morgan fingerprint density at radius 3 is 2.15 bits per heavy atom. The molecule has 1 aliphatic heterocycles. The SMILES string of the molecule is CC[NH+](CC)CC.O=C(CCc1ccc(OP(=O)([O-])O)cc1)NCCNC(=O)c1ccc(-c2c3cc(F)c(=O)cc-3oc3cc(O)c(F)cc23)c(C(=O)O)c1. The first kappa shape index (κ1) is 42.1. The molecule has 1 atom stereocenters. The van der Waals surface area contributed by atoms with Crippen molar-refractivity contribution in [1.29, 1.82) is 0 Å². The van der Waals surface area contributed by atoms with Crippen molar-refractivity contribution in [2.45, 2.75) is 33.6 Å². The molecular formula is C38H40F2N3O11P. The van der Waals surface area contributed by atoms with Gasteiger partial charge >= 0.3 is 13.8 Å². The number of hydrogen-bond acceptors (Lipinski definition) is 9. The van der Waals surface area contributed by atoms with Crippen LogP contribution in [0, 0.1) is 11.6 Å². The third kappa shape index (κ3) is 11.2. The van der Waals surface area contributed by atoms with E-state index in [1.54, 1.807) is 4.90 Å². The normalized spacial score (nSPS) is 12.1. The van der Waals surface area contributed by atoms with Gasteiger partial charge in [0, 0.05) is 53.7 Å². The predicted octanol–water partition coefficient (Wildman–Crippen LogP) is 3.50. The number of carboxylic acid groups (broad SMARTS) is 1. The Morgan fingerprint density at radius 1 is 0.891 bits per heavy atom. The monoisotopic (exact) mass is 783 g/mol. The molecule has 6 N–H and O–H groups in total. The summed E-state index contributed by atoms with van der Waals surface area (Å²) in [6, 6.07) is 12.8. The number of phenols is 1. The minimum atomic E-state index is -4.93. The van der Waals surface area contributed by atoms with E-state index < -0.39 is 48.1 Å². The Kier molecular flexibility index (Phi) is 14.2. The van der Waals surface area contributed by atoms with E-state index in [2.05, 4.69) is 35.9 Å². The van der Waals surface area contributed by atoms with Crippen molar-refractivity contribution in [2.24, 2.45) is 0 Å². The molecule has 0 fully saturated rings. The van der Waals surface area contributed by atoms with Crippen LogP contribution in [0.15, 0.2) is 75.9 Å². The second kappa shape index (κ2) is 18.6. The first-order valence-electron chi connectivity index (χ1n) is 17.2. The van der Waals surface area contributed by atoms with Crippen molar-refractivity contribution >= 4 is 36.6 Å². The molecule has 0 saturated carbocycles. The van der Waals surface area contributed by atoms with Crippen LogP contribution in [0.1, 0.15) is 53.5 Å². The van der Waals surface area contributed by atoms with Crippen molar-refractivity contribution in [3.05, 3.63) is 105 Å². The maximum absolute atomic E-state index is 14.5. The van der Waals surface area contributed by atoms with Gasteiger partial charge in [0.05, 0.1) is 25.2 Å². The van der Waals surface area contributed by atoms with E-state index in [-0.39, 0.29) is 70.2 Å². The number of carbonyl (C=O) groups excluding carboxylic acids is 2. The van der Waals surface area contributed by atoms with E-state index in [0.717, 1.165) is 30.3 Å². The quantitative estimate of drug-likeness (QED) is 0.0544. The highest BCUT2D eigenvalue weighted by molar-refractivity contribution is 7.45. The molecule has 1 heterocycles. The Bertz CT molecular complexity index is 2250. The molecule has 0 saturated heterocycles. The average molecular weight is 784 g/mol. The van der Waals surface area contributed by atoms with E-state index in [1.807, 2.05) is 0 Å². The van der Waals surface area contributed by atoms with Gasteiger partial charge in [-0.05, 0) is 74.7 Å². The summed E-state index contributed by atoms with van der Waals surface area (Å²) in [5.74, 6) is -5.75. The maximum Gasteiger partial charge on any atom is 0.336 e. The number of nitrogens with one attached hydrogen (secondary N) is 3. The number of aryl methyl sites for hydroxylation is 1. The number of rotatable bonds is 14. The number of halogens is 2. The highest BCUT2D eigenvalue weighted by Crippen LogP contribution is 2.43. The van der Waals surface area contributed by atoms with E-state index in [0.29, 0.717) is 12.0 Å². The van der Waals surface area contributed by atoms with Crippen molar-refractivity contribution in [3.63, 3.8) is 0 Å². The standard InChI is InChI=1S/C32H25F2N2O11P.C6H15N/c33-23-12-21-27(14-25(23)37)46-28-15-26(38)24(34)13-22(28)30(21)19-7-4-17(11-20(19)32(41)42)31(40)36-10-9-35-29(39)8-3-16-1-5-18(6-2-16)47-48(43,44)45;1-4-7(5-2)6-3/h1-2,4-7,11-15,37H,3,8-10H2,(H,35,39)(H,36,40)(H,41,42)(H2,43,44,45);4-6H2,1-3H3. The molecule has 2 amide bonds. The molecule has 1 aliphatic carbocycles. The van der Waals surface area contributed by atoms with Gasteiger partial charge in [-0.25, -0.2) is 13.6 Å². The fraction of sp³-hybridized carbons (Fsp3) is 0.263. The summed E-state index contributed by atoms with van der Waals surface area (Å²) in [6.45, 7) is 10.5. The van der Waals surface area contributed by atoms with Gasteiger partial charge in [0.1, 0.15) is 17.1 Å². The molecule has 0 bridgehead atoms. The Morgan fingerprint density at radius 2 is 1.55 bits per heavy atom. The van der Waals surface area contributed by atoms with Crippen LogP contribution in [0.2, 0.25) is 0 Å². The molecule has 292 valence electrons. The lowest BCUT2D eigenvalue weighted by atomic mass is 9.89. The lowest BCUT2D eigenvalue weighted by molar-refractivity contribution is -0.894. The van der Waals surface area contributed by atoms with Crippen molar-refractivity contribution in [1.82, 2.24) is 10.6 Å². The summed E-state index contributed by atoms with van der Waals surface area (Å²) >= 11 is 0. The van der Waals surface area contributed by atoms with E-state index in [4.69, 9.17) is 9.31 Å². The molecule has 17 heteroatoms. The molecule has 3 aromatic carbocycles. The van der Waals surface area contributed by atoms with Crippen molar-refractivity contribution in [2.75, 3.05) is 32.7 Å². The number of carbonyl (C=O) groups is 3. The smallest absolute Gasteiger partial charge is 0.336 e. The van der Waals surface area contributed by atoms with Crippen LogP contribution < -0.4 is 30.4 Å². The second-order valence-corrected chi connectivity index (χ2v) is 13.4. The van der Waals surface area contributed by atoms with Crippen LogP contribution in [0.25, 0.3) is 33.4 Å². The van der Waals surface area contributed by atoms with Crippen LogP contribution in [0.5, 0.6) is 11.5 Å². The van der Waals surface area contributed by atoms with Crippen LogP contribution in [0.4, 0.5) is 8.78 Å². The van der Waals surface area contributed by atoms with Gasteiger partial charge < -0.3 is 44.5 Å². The average Bonchev–Trinajstić information content (AvgIpc) is 3.13. The zero-order chi connectivity index (χ0) is 40.4. The summed E-state index contributed by atoms with van der Waals surface area (Å²) in [6.07, 6.45) is 0.368. The molecule has 14 nitrogen and oxygen atoms in total. The van der Waals surface area contributed by atoms with Gasteiger partial charge in [0.25, 0.3) is 5.91 Å². The third-order valence-corrected chi connectivity index (χ3v) is 9.08. The summed E-state index contributed by atoms with van der Waals surface area (Å²) < 4.78 is 49.6. The number of carboxylic acids is 1. The van der Waals surface area contributed by atoms with Gasteiger partial charge in [0.2, 0.25) is 11.3 Å². The number of hydrogen-bond donors (Lipinski definition) is 6. The molecular weight excluding hydrogens is 743 g/mol. The van der Waals surface area contributed by atoms with E-state index in [9.17, 15) is 47.6 Å². The van der Waals surface area contributed by atoms with Gasteiger partial charge in [-0.2, -0.15) is 0 Å². The number of amides is 2. The van der Waals surface area contributed by atoms with Crippen LogP contribution in [-0.2, 0) is 15.8 Å². The summed E-state index contributed by atoms with van der Waals surface area (Å²) in [4.78, 5) is 70.7. The minimum absolute atomic E-state index is 0.0150. The predicted molar refractivity (Wildman–Crippen MR) is 196 cm³/mol. The molecule has 0 radical (unpaired) electrons. The number of quaternary nitrogens is 1. The molecule has 0 spiro atoms. The molecule has 1 unspecified atom stereocenters. The number of phenolic OH excluding ortho intramolecular Hbond substituents is 1. The minimum Gasteiger partial charge on any atom is -0.746 e. The number of phosphoric acid groups is 1. The first-order chi connectivity index (χ1) is 26.0. The van der Waals surface area contributed by atoms with Crippen molar-refractivity contribution < 1.29 is 61.6 Å². The fourth-order valence-electron chi connectivity index (χ4n) is 5.70. The van der Waals surface area contributed by atoms with Crippen molar-refractivity contribution in [3.8, 4) is 33.9 Å². The lowest BCUT2D eigenvalue weighted by Gasteiger charge is -2.17. The third-order valence-electron chi connectivity index (χ3n) is 8.64. The lowest BCUT2D eigenvalue weighted by Crippen LogP contribution is -3.11. The number of benzene rings is 4. The molecule has 2 aliphatic rings. The molecule has 5 rings (SSSR count). The maximum atomic E-state index is 14.5. The Labute approximate surface area is 313 Å². The highest BCUT2D eigenvalue weighted by atomic mass is 31.2. The largest absolute Gasteiger partial charge is 0.746 e. The van der Waals surface area contributed by atoms with Gasteiger partial charge in [-0.15, -0.1) is 0 Å². The van der Waals surface area contributed by atoms with E-state index >= 15 is 0 Å². The van der Waals surface area contributed by atoms with Gasteiger partial charge in [0.15, 0.2) is 17.4 Å². The topological polar surface area (TPSA) is 220 Å². The second-order valence-electron chi connectivity index (χ2n) is 12.2. The van der Waals surface area contributed by atoms with Crippen LogP contribution in [-0.4, -0.2) is 65.6 Å². The molecule has 55 heavy (non-hydrogen) atoms. The number of phosphoric ester groups is 1. The van der Waals surface area contributed by atoms with Crippen LogP contribution >= 0.6 is 7.82 Å². The Balaban J connectivity index is 0.000000876. The molecule has 0 aromatic heterocycles. The van der Waals surface area contributed by atoms with Crippen LogP contribution in [0.3, 0.4) is 0 Å². The number of fused-ring (bicyclic) bond motifs is 2. The zero-order valence-corrected chi connectivity index (χ0v) is 31.0. The van der Waals surface area contributed by atoms with Gasteiger partial charge in [-0.3, -0.25) is 18.9 Å². The number of aromatic carboxylic acids is 1. The molecule has 3 aromatic rings. The first-order valence-corrected chi connectivity index (χ1v) is 18.7. The zero-order valence-electron chi connectivity index (χ0n) is 30.1.